The fourth-order valence-corrected chi connectivity index (χ4v) is 2.75. The molecular formula is C15H18BrClN2O2. The van der Waals surface area contributed by atoms with Crippen LogP contribution >= 0.6 is 28.3 Å². The van der Waals surface area contributed by atoms with E-state index in [1.807, 2.05) is 25.1 Å². The maximum absolute atomic E-state index is 12.2. The minimum Gasteiger partial charge on any atom is -0.451 e. The molecule has 114 valence electrons. The smallest absolute Gasteiger partial charge is 0.287 e. The summed E-state index contributed by atoms with van der Waals surface area (Å²) in [6, 6.07) is 5.77. The van der Waals surface area contributed by atoms with Gasteiger partial charge < -0.3 is 15.5 Å². The zero-order chi connectivity index (χ0) is 14.3. The second kappa shape index (κ2) is 6.38. The molecule has 1 fully saturated rings. The lowest BCUT2D eigenvalue weighted by Gasteiger charge is -2.10. The number of rotatable bonds is 4. The number of halogens is 2. The molecule has 1 amide bonds. The van der Waals surface area contributed by atoms with Crippen molar-refractivity contribution in [2.45, 2.75) is 25.8 Å². The Bertz CT molecular complexity index is 667. The van der Waals surface area contributed by atoms with E-state index in [0.717, 1.165) is 21.0 Å². The largest absolute Gasteiger partial charge is 0.451 e. The van der Waals surface area contributed by atoms with Crippen LogP contribution in [0.15, 0.2) is 27.1 Å². The summed E-state index contributed by atoms with van der Waals surface area (Å²) in [7, 11) is 0. The summed E-state index contributed by atoms with van der Waals surface area (Å²) in [4.78, 5) is 12.2. The van der Waals surface area contributed by atoms with Crippen LogP contribution in [0.2, 0.25) is 0 Å². The quantitative estimate of drug-likeness (QED) is 0.863. The van der Waals surface area contributed by atoms with Crippen LogP contribution in [-0.2, 0) is 0 Å². The highest BCUT2D eigenvalue weighted by Gasteiger charge is 2.29. The van der Waals surface area contributed by atoms with Crippen LogP contribution in [0.4, 0.5) is 0 Å². The van der Waals surface area contributed by atoms with Gasteiger partial charge in [-0.2, -0.15) is 0 Å². The van der Waals surface area contributed by atoms with Crippen LogP contribution in [0.25, 0.3) is 11.0 Å². The molecule has 0 spiro atoms. The standard InChI is InChI=1S/C15H17BrN2O2.ClH/c1-8-11-6-10(16)4-5-13(11)20-14(8)15(19)18-7-12(17)9-2-3-9;/h4-6,9,12H,2-3,7,17H2,1H3,(H,18,19);1H. The SMILES string of the molecule is Cc1c(C(=O)NCC(N)C2CC2)oc2ccc(Br)cc12.Cl. The first kappa shape index (κ1) is 16.3. The highest BCUT2D eigenvalue weighted by atomic mass is 79.9. The number of amides is 1. The number of nitrogens with one attached hydrogen (secondary N) is 1. The monoisotopic (exact) mass is 372 g/mol. The lowest BCUT2D eigenvalue weighted by molar-refractivity contribution is 0.0924. The van der Waals surface area contributed by atoms with Gasteiger partial charge in [-0.15, -0.1) is 12.4 Å². The molecule has 1 saturated carbocycles. The molecule has 4 nitrogen and oxygen atoms in total. The number of nitrogens with two attached hydrogens (primary N) is 1. The third kappa shape index (κ3) is 3.42. The Labute approximate surface area is 138 Å². The van der Waals surface area contributed by atoms with Crippen molar-refractivity contribution in [1.82, 2.24) is 5.32 Å². The van der Waals surface area contributed by atoms with Crippen molar-refractivity contribution < 1.29 is 9.21 Å². The van der Waals surface area contributed by atoms with Crippen LogP contribution in [0, 0.1) is 12.8 Å². The molecule has 0 radical (unpaired) electrons. The number of benzene rings is 1. The summed E-state index contributed by atoms with van der Waals surface area (Å²) in [6.45, 7) is 2.40. The van der Waals surface area contributed by atoms with Crippen molar-refractivity contribution in [1.29, 1.82) is 0 Å². The zero-order valence-corrected chi connectivity index (χ0v) is 14.1. The van der Waals surface area contributed by atoms with Crippen LogP contribution in [-0.4, -0.2) is 18.5 Å². The van der Waals surface area contributed by atoms with Gasteiger partial charge in [-0.05, 0) is 43.9 Å². The highest BCUT2D eigenvalue weighted by Crippen LogP contribution is 2.31. The average Bonchev–Trinajstić information content (AvgIpc) is 3.22. The van der Waals surface area contributed by atoms with E-state index >= 15 is 0 Å². The van der Waals surface area contributed by atoms with E-state index in [0.29, 0.717) is 18.2 Å². The Kier molecular flexibility index (Phi) is 4.96. The number of hydrogen-bond donors (Lipinski definition) is 2. The molecule has 0 bridgehead atoms. The number of carbonyl (C=O) groups is 1. The van der Waals surface area contributed by atoms with Gasteiger partial charge in [0.15, 0.2) is 5.76 Å². The molecule has 1 aliphatic rings. The molecular weight excluding hydrogens is 356 g/mol. The molecule has 3 N–H and O–H groups in total. The first-order valence-corrected chi connectivity index (χ1v) is 7.58. The Morgan fingerprint density at radius 1 is 1.52 bits per heavy atom. The van der Waals surface area contributed by atoms with Crippen molar-refractivity contribution in [3.63, 3.8) is 0 Å². The van der Waals surface area contributed by atoms with Gasteiger partial charge in [-0.1, -0.05) is 15.9 Å². The molecule has 1 aromatic heterocycles. The molecule has 21 heavy (non-hydrogen) atoms. The predicted octanol–water partition coefficient (Wildman–Crippen LogP) is 3.39. The number of hydrogen-bond acceptors (Lipinski definition) is 3. The van der Waals surface area contributed by atoms with Gasteiger partial charge in [0.05, 0.1) is 0 Å². The second-order valence-corrected chi connectivity index (χ2v) is 6.32. The molecule has 0 aliphatic heterocycles. The number of fused-ring (bicyclic) bond motifs is 1. The van der Waals surface area contributed by atoms with Crippen molar-refractivity contribution in [2.24, 2.45) is 11.7 Å². The first-order valence-electron chi connectivity index (χ1n) is 6.78. The van der Waals surface area contributed by atoms with Crippen LogP contribution in [0.3, 0.4) is 0 Å². The summed E-state index contributed by atoms with van der Waals surface area (Å²) >= 11 is 3.43. The van der Waals surface area contributed by atoms with E-state index in [1.165, 1.54) is 12.8 Å². The normalized spacial score (nSPS) is 15.6. The maximum atomic E-state index is 12.2. The lowest BCUT2D eigenvalue weighted by atomic mass is 10.1. The van der Waals surface area contributed by atoms with E-state index in [-0.39, 0.29) is 24.4 Å². The molecule has 1 aromatic carbocycles. The zero-order valence-electron chi connectivity index (χ0n) is 11.7. The summed E-state index contributed by atoms with van der Waals surface area (Å²) in [5.74, 6) is 0.759. The van der Waals surface area contributed by atoms with Gasteiger partial charge >= 0.3 is 0 Å². The summed E-state index contributed by atoms with van der Waals surface area (Å²) in [5.41, 5.74) is 7.57. The van der Waals surface area contributed by atoms with Gasteiger partial charge in [0.25, 0.3) is 5.91 Å². The molecule has 6 heteroatoms. The summed E-state index contributed by atoms with van der Waals surface area (Å²) < 4.78 is 6.62. The topological polar surface area (TPSA) is 68.3 Å². The van der Waals surface area contributed by atoms with Gasteiger partial charge in [-0.3, -0.25) is 4.79 Å². The van der Waals surface area contributed by atoms with Crippen molar-refractivity contribution >= 4 is 45.2 Å². The molecule has 1 unspecified atom stereocenters. The van der Waals surface area contributed by atoms with Crippen LogP contribution in [0.1, 0.15) is 29.0 Å². The van der Waals surface area contributed by atoms with Crippen LogP contribution < -0.4 is 11.1 Å². The summed E-state index contributed by atoms with van der Waals surface area (Å²) in [5, 5.41) is 3.82. The molecule has 0 saturated heterocycles. The van der Waals surface area contributed by atoms with Crippen LogP contribution in [0.5, 0.6) is 0 Å². The van der Waals surface area contributed by atoms with E-state index in [9.17, 15) is 4.79 Å². The fraction of sp³-hybridized carbons (Fsp3) is 0.400. The van der Waals surface area contributed by atoms with E-state index in [4.69, 9.17) is 10.2 Å². The van der Waals surface area contributed by atoms with Gasteiger partial charge in [-0.25, -0.2) is 0 Å². The number of furan rings is 1. The van der Waals surface area contributed by atoms with Gasteiger partial charge in [0, 0.05) is 28.0 Å². The minimum absolute atomic E-state index is 0. The molecule has 1 heterocycles. The van der Waals surface area contributed by atoms with E-state index < -0.39 is 0 Å². The Morgan fingerprint density at radius 2 is 2.24 bits per heavy atom. The Balaban J connectivity index is 0.00000161. The average molecular weight is 374 g/mol. The van der Waals surface area contributed by atoms with Crippen molar-refractivity contribution in [3.8, 4) is 0 Å². The molecule has 3 rings (SSSR count). The highest BCUT2D eigenvalue weighted by molar-refractivity contribution is 9.10. The third-order valence-electron chi connectivity index (χ3n) is 3.83. The maximum Gasteiger partial charge on any atom is 0.287 e. The molecule has 1 atom stereocenters. The number of carbonyl (C=O) groups excluding carboxylic acids is 1. The van der Waals surface area contributed by atoms with E-state index in [2.05, 4.69) is 21.2 Å². The van der Waals surface area contributed by atoms with Gasteiger partial charge in [0.1, 0.15) is 5.58 Å². The fourth-order valence-electron chi connectivity index (χ4n) is 2.39. The van der Waals surface area contributed by atoms with E-state index in [1.54, 1.807) is 0 Å². The van der Waals surface area contributed by atoms with Crippen molar-refractivity contribution in [2.75, 3.05) is 6.54 Å². The number of aryl methyl sites for hydroxylation is 1. The molecule has 1 aliphatic carbocycles. The Hall–Kier alpha value is -1.04. The molecule has 2 aromatic rings. The summed E-state index contributed by atoms with van der Waals surface area (Å²) in [6.07, 6.45) is 2.35. The first-order chi connectivity index (χ1) is 9.56. The minimum atomic E-state index is -0.189. The lowest BCUT2D eigenvalue weighted by Crippen LogP contribution is -2.38. The van der Waals surface area contributed by atoms with Gasteiger partial charge in [0.2, 0.25) is 0 Å². The Morgan fingerprint density at radius 3 is 2.90 bits per heavy atom. The van der Waals surface area contributed by atoms with Crippen molar-refractivity contribution in [3.05, 3.63) is 34.0 Å². The predicted molar refractivity (Wildman–Crippen MR) is 88.9 cm³/mol. The third-order valence-corrected chi connectivity index (χ3v) is 4.32. The second-order valence-electron chi connectivity index (χ2n) is 5.41.